The third kappa shape index (κ3) is 7.70. The molecule has 0 aliphatic heterocycles. The molecule has 2 rings (SSSR count). The van der Waals surface area contributed by atoms with E-state index >= 15 is 0 Å². The fraction of sp³-hybridized carbons (Fsp3) is 0.565. The molecule has 6 N–H and O–H groups in total. The molecule has 31 heavy (non-hydrogen) atoms. The van der Waals surface area contributed by atoms with Crippen molar-refractivity contribution in [1.82, 2.24) is 10.6 Å². The minimum absolute atomic E-state index is 0.0141. The third-order valence-corrected chi connectivity index (χ3v) is 6.00. The second-order valence-electron chi connectivity index (χ2n) is 8.23. The van der Waals surface area contributed by atoms with Crippen molar-refractivity contribution in [3.05, 3.63) is 35.4 Å². The quantitative estimate of drug-likeness (QED) is 0.270. The molecule has 2 amide bonds. The van der Waals surface area contributed by atoms with Gasteiger partial charge >= 0.3 is 5.97 Å². The summed E-state index contributed by atoms with van der Waals surface area (Å²) in [6, 6.07) is 6.36. The van der Waals surface area contributed by atoms with Gasteiger partial charge in [0.25, 0.3) is 0 Å². The Kier molecular flexibility index (Phi) is 9.49. The van der Waals surface area contributed by atoms with Gasteiger partial charge in [-0.2, -0.15) is 0 Å². The van der Waals surface area contributed by atoms with Gasteiger partial charge in [0.1, 0.15) is 11.9 Å². The normalized spacial score (nSPS) is 16.2. The molecule has 1 aliphatic carbocycles. The van der Waals surface area contributed by atoms with Crippen LogP contribution in [-0.4, -0.2) is 34.8 Å². The van der Waals surface area contributed by atoms with Crippen LogP contribution in [0.3, 0.4) is 0 Å². The molecule has 0 spiro atoms. The molecule has 0 bridgehead atoms. The van der Waals surface area contributed by atoms with Crippen LogP contribution < -0.4 is 16.4 Å². The Morgan fingerprint density at radius 2 is 1.77 bits per heavy atom. The van der Waals surface area contributed by atoms with E-state index in [2.05, 4.69) is 10.6 Å². The van der Waals surface area contributed by atoms with E-state index in [0.29, 0.717) is 24.9 Å². The highest BCUT2D eigenvalue weighted by atomic mass is 16.4. The molecule has 0 aromatic heterocycles. The molecule has 0 heterocycles. The summed E-state index contributed by atoms with van der Waals surface area (Å²) in [6.07, 6.45) is 5.81. The molecule has 0 radical (unpaired) electrons. The number of hydrogen-bond acceptors (Lipinski definition) is 4. The van der Waals surface area contributed by atoms with Gasteiger partial charge in [-0.3, -0.25) is 19.8 Å². The Hall–Kier alpha value is -2.90. The average Bonchev–Trinajstić information content (AvgIpc) is 2.76. The van der Waals surface area contributed by atoms with Crippen molar-refractivity contribution in [3.63, 3.8) is 0 Å². The highest BCUT2D eigenvalue weighted by Gasteiger charge is 2.32. The Morgan fingerprint density at radius 3 is 2.32 bits per heavy atom. The second-order valence-corrected chi connectivity index (χ2v) is 8.23. The zero-order chi connectivity index (χ0) is 22.8. The van der Waals surface area contributed by atoms with Crippen LogP contribution in [0.1, 0.15) is 69.4 Å². The number of amides is 2. The molecule has 2 atom stereocenters. The minimum atomic E-state index is -0.908. The van der Waals surface area contributed by atoms with Crippen molar-refractivity contribution >= 4 is 23.6 Å². The van der Waals surface area contributed by atoms with Crippen molar-refractivity contribution in [2.45, 2.75) is 70.9 Å². The molecule has 1 aliphatic rings. The highest BCUT2D eigenvalue weighted by molar-refractivity contribution is 5.94. The Bertz CT molecular complexity index is 772. The number of amidine groups is 1. The molecular formula is C23H34N4O4. The topological polar surface area (TPSA) is 145 Å². The molecule has 8 nitrogen and oxygen atoms in total. The lowest BCUT2D eigenvalue weighted by Crippen LogP contribution is -2.49. The van der Waals surface area contributed by atoms with E-state index in [1.165, 1.54) is 0 Å². The number of aliphatic carboxylic acids is 1. The van der Waals surface area contributed by atoms with Crippen molar-refractivity contribution in [3.8, 4) is 0 Å². The van der Waals surface area contributed by atoms with E-state index in [-0.39, 0.29) is 35.9 Å². The monoisotopic (exact) mass is 430 g/mol. The molecule has 8 heteroatoms. The van der Waals surface area contributed by atoms with E-state index in [9.17, 15) is 14.4 Å². The summed E-state index contributed by atoms with van der Waals surface area (Å²) in [5, 5.41) is 22.2. The zero-order valence-corrected chi connectivity index (χ0v) is 18.2. The lowest BCUT2D eigenvalue weighted by Gasteiger charge is -2.30. The first kappa shape index (κ1) is 24.4. The number of nitrogen functional groups attached to an aromatic ring is 1. The lowest BCUT2D eigenvalue weighted by molar-refractivity contribution is -0.138. The van der Waals surface area contributed by atoms with Crippen molar-refractivity contribution in [2.75, 3.05) is 0 Å². The van der Waals surface area contributed by atoms with Crippen molar-refractivity contribution in [2.24, 2.45) is 17.6 Å². The summed E-state index contributed by atoms with van der Waals surface area (Å²) in [4.78, 5) is 36.7. The van der Waals surface area contributed by atoms with Gasteiger partial charge in [0, 0.05) is 24.4 Å². The van der Waals surface area contributed by atoms with Crippen LogP contribution in [-0.2, 0) is 20.9 Å². The molecule has 1 fully saturated rings. The van der Waals surface area contributed by atoms with Crippen LogP contribution >= 0.6 is 0 Å². The second kappa shape index (κ2) is 12.1. The van der Waals surface area contributed by atoms with Gasteiger partial charge in [0.2, 0.25) is 11.8 Å². The van der Waals surface area contributed by atoms with Gasteiger partial charge in [-0.25, -0.2) is 0 Å². The Morgan fingerprint density at radius 1 is 1.13 bits per heavy atom. The molecular weight excluding hydrogens is 396 g/mol. The number of carbonyl (C=O) groups excluding carboxylic acids is 2. The predicted molar refractivity (Wildman–Crippen MR) is 118 cm³/mol. The highest BCUT2D eigenvalue weighted by Crippen LogP contribution is 2.32. The zero-order valence-electron chi connectivity index (χ0n) is 18.2. The third-order valence-electron chi connectivity index (χ3n) is 6.00. The molecule has 0 unspecified atom stereocenters. The van der Waals surface area contributed by atoms with E-state index in [1.807, 2.05) is 6.92 Å². The number of benzene rings is 1. The summed E-state index contributed by atoms with van der Waals surface area (Å²) >= 11 is 0. The van der Waals surface area contributed by atoms with E-state index in [4.69, 9.17) is 16.2 Å². The van der Waals surface area contributed by atoms with Gasteiger partial charge in [0.15, 0.2) is 0 Å². The first-order valence-corrected chi connectivity index (χ1v) is 11.0. The first-order valence-electron chi connectivity index (χ1n) is 11.0. The van der Waals surface area contributed by atoms with Crippen LogP contribution in [0.4, 0.5) is 0 Å². The first-order chi connectivity index (χ1) is 14.8. The Labute approximate surface area is 183 Å². The number of nitrogens with two attached hydrogens (primary N) is 1. The summed E-state index contributed by atoms with van der Waals surface area (Å²) in [5.41, 5.74) is 6.92. The van der Waals surface area contributed by atoms with Crippen LogP contribution in [0.2, 0.25) is 0 Å². The largest absolute Gasteiger partial charge is 0.481 e. The molecule has 1 aromatic rings. The van der Waals surface area contributed by atoms with Gasteiger partial charge in [-0.05, 0) is 37.2 Å². The van der Waals surface area contributed by atoms with Crippen LogP contribution in [0.5, 0.6) is 0 Å². The molecule has 170 valence electrons. The maximum Gasteiger partial charge on any atom is 0.303 e. The predicted octanol–water partition coefficient (Wildman–Crippen LogP) is 2.54. The number of hydrogen-bond donors (Lipinski definition) is 5. The summed E-state index contributed by atoms with van der Waals surface area (Å²) in [5.74, 6) is -1.62. The molecule has 0 saturated heterocycles. The number of carboxylic acids is 1. The SMILES string of the molecule is CC[C@H](NC(=O)[C@H](CCC(=O)O)C1CCCCC1)C(=O)NCc1ccc(C(=N)N)cc1. The van der Waals surface area contributed by atoms with E-state index in [1.54, 1.807) is 24.3 Å². The molecule has 1 saturated carbocycles. The number of rotatable bonds is 11. The van der Waals surface area contributed by atoms with Crippen molar-refractivity contribution < 1.29 is 19.5 Å². The van der Waals surface area contributed by atoms with Gasteiger partial charge in [-0.1, -0.05) is 50.5 Å². The number of carbonyl (C=O) groups is 3. The van der Waals surface area contributed by atoms with Crippen molar-refractivity contribution in [1.29, 1.82) is 5.41 Å². The van der Waals surface area contributed by atoms with Crippen LogP contribution in [0, 0.1) is 17.2 Å². The molecule has 1 aromatic carbocycles. The van der Waals surface area contributed by atoms with Crippen LogP contribution in [0.15, 0.2) is 24.3 Å². The van der Waals surface area contributed by atoms with Crippen LogP contribution in [0.25, 0.3) is 0 Å². The van der Waals surface area contributed by atoms with E-state index < -0.39 is 12.0 Å². The fourth-order valence-corrected chi connectivity index (χ4v) is 4.14. The summed E-state index contributed by atoms with van der Waals surface area (Å²) < 4.78 is 0. The summed E-state index contributed by atoms with van der Waals surface area (Å²) in [7, 11) is 0. The maximum atomic E-state index is 13.0. The fourth-order valence-electron chi connectivity index (χ4n) is 4.14. The minimum Gasteiger partial charge on any atom is -0.481 e. The number of nitrogens with one attached hydrogen (secondary N) is 3. The Balaban J connectivity index is 1.95. The van der Waals surface area contributed by atoms with E-state index in [0.717, 1.165) is 37.7 Å². The standard InChI is InChI=1S/C23H34N4O4/c1-2-19(23(31)26-14-15-8-10-17(11-9-15)21(24)25)27-22(30)18(12-13-20(28)29)16-6-4-3-5-7-16/h8-11,16,18-19H,2-7,12-14H2,1H3,(H3,24,25)(H,26,31)(H,27,30)(H,28,29)/t18-,19+/m1/s1. The van der Waals surface area contributed by atoms with Gasteiger partial charge in [-0.15, -0.1) is 0 Å². The summed E-state index contributed by atoms with van der Waals surface area (Å²) in [6.45, 7) is 2.13. The maximum absolute atomic E-state index is 13.0. The number of carboxylic acid groups (broad SMARTS) is 1. The smallest absolute Gasteiger partial charge is 0.303 e. The lowest BCUT2D eigenvalue weighted by atomic mass is 9.77. The van der Waals surface area contributed by atoms with Gasteiger partial charge < -0.3 is 21.5 Å². The van der Waals surface area contributed by atoms with Gasteiger partial charge in [0.05, 0.1) is 0 Å². The average molecular weight is 431 g/mol.